The van der Waals surface area contributed by atoms with Gasteiger partial charge in [-0.05, 0) is 30.5 Å². The maximum absolute atomic E-state index is 12.1. The minimum atomic E-state index is -0.0264. The summed E-state index contributed by atoms with van der Waals surface area (Å²) in [4.78, 5) is 14.3. The van der Waals surface area contributed by atoms with Crippen LogP contribution in [-0.4, -0.2) is 56.0 Å². The topological polar surface area (TPSA) is 41.6 Å². The van der Waals surface area contributed by atoms with Crippen molar-refractivity contribution < 1.29 is 9.53 Å². The molecule has 0 radical (unpaired) electrons. The van der Waals surface area contributed by atoms with Gasteiger partial charge in [0.2, 0.25) is 0 Å². The molecule has 0 bridgehead atoms. The van der Waals surface area contributed by atoms with E-state index < -0.39 is 0 Å². The number of benzene rings is 1. The second-order valence-electron chi connectivity index (χ2n) is 5.30. The molecule has 5 heteroatoms. The molecular formula is C16H24N2O2S. The van der Waals surface area contributed by atoms with Crippen molar-refractivity contribution >= 4 is 17.7 Å². The number of morpholine rings is 1. The van der Waals surface area contributed by atoms with Crippen LogP contribution < -0.4 is 5.32 Å². The zero-order chi connectivity index (χ0) is 15.1. The van der Waals surface area contributed by atoms with Gasteiger partial charge >= 0.3 is 0 Å². The van der Waals surface area contributed by atoms with Crippen LogP contribution in [0, 0.1) is 0 Å². The normalized spacial score (nSPS) is 19.4. The van der Waals surface area contributed by atoms with E-state index in [-0.39, 0.29) is 12.0 Å². The third kappa shape index (κ3) is 5.34. The van der Waals surface area contributed by atoms with Gasteiger partial charge in [-0.25, -0.2) is 0 Å². The summed E-state index contributed by atoms with van der Waals surface area (Å²) in [5.41, 5.74) is 1.97. The Balaban J connectivity index is 1.79. The molecule has 1 aromatic rings. The lowest BCUT2D eigenvalue weighted by molar-refractivity contribution is -0.0175. The molecule has 2 rings (SSSR count). The lowest BCUT2D eigenvalue weighted by Crippen LogP contribution is -2.45. The highest BCUT2D eigenvalue weighted by Crippen LogP contribution is 2.12. The van der Waals surface area contributed by atoms with E-state index in [9.17, 15) is 4.79 Å². The van der Waals surface area contributed by atoms with Crippen molar-refractivity contribution in [2.24, 2.45) is 0 Å². The second kappa shape index (κ2) is 8.41. The van der Waals surface area contributed by atoms with E-state index in [1.54, 1.807) is 0 Å². The maximum Gasteiger partial charge on any atom is 0.251 e. The van der Waals surface area contributed by atoms with Gasteiger partial charge in [0.1, 0.15) is 0 Å². The SMILES string of the molecule is CCSCc1ccc(C(=O)NCC2CN(C)CCO2)cc1. The average molecular weight is 308 g/mol. The first-order chi connectivity index (χ1) is 10.2. The standard InChI is InChI=1S/C16H24N2O2S/c1-3-21-12-13-4-6-14(7-5-13)16(19)17-10-15-11-18(2)8-9-20-15/h4-7,15H,3,8-12H2,1-2H3,(H,17,19). The molecule has 0 aliphatic carbocycles. The van der Waals surface area contributed by atoms with Gasteiger partial charge in [-0.15, -0.1) is 0 Å². The monoisotopic (exact) mass is 308 g/mol. The summed E-state index contributed by atoms with van der Waals surface area (Å²) in [6.07, 6.45) is 0.0907. The number of ether oxygens (including phenoxy) is 1. The lowest BCUT2D eigenvalue weighted by Gasteiger charge is -2.30. The molecule has 1 unspecified atom stereocenters. The van der Waals surface area contributed by atoms with Crippen LogP contribution in [0.5, 0.6) is 0 Å². The molecule has 0 aromatic heterocycles. The van der Waals surface area contributed by atoms with Crippen molar-refractivity contribution in [2.45, 2.75) is 18.8 Å². The molecule has 1 atom stereocenters. The van der Waals surface area contributed by atoms with Crippen LogP contribution in [0.15, 0.2) is 24.3 Å². The average Bonchev–Trinajstić information content (AvgIpc) is 2.51. The van der Waals surface area contributed by atoms with Gasteiger partial charge in [0.05, 0.1) is 12.7 Å². The van der Waals surface area contributed by atoms with Crippen molar-refractivity contribution in [2.75, 3.05) is 39.0 Å². The van der Waals surface area contributed by atoms with E-state index in [1.807, 2.05) is 36.0 Å². The van der Waals surface area contributed by atoms with Gasteiger partial charge in [-0.1, -0.05) is 19.1 Å². The van der Waals surface area contributed by atoms with Gasteiger partial charge < -0.3 is 15.0 Å². The predicted molar refractivity (Wildman–Crippen MR) is 87.8 cm³/mol. The summed E-state index contributed by atoms with van der Waals surface area (Å²) in [5.74, 6) is 2.08. The Labute approximate surface area is 131 Å². The first-order valence-electron chi connectivity index (χ1n) is 7.44. The highest BCUT2D eigenvalue weighted by molar-refractivity contribution is 7.98. The molecule has 116 valence electrons. The third-order valence-electron chi connectivity index (χ3n) is 3.52. The predicted octanol–water partition coefficient (Wildman–Crippen LogP) is 2.00. The molecule has 1 aliphatic rings. The Morgan fingerprint density at radius 2 is 2.19 bits per heavy atom. The highest BCUT2D eigenvalue weighted by atomic mass is 32.2. The Morgan fingerprint density at radius 3 is 2.86 bits per heavy atom. The largest absolute Gasteiger partial charge is 0.374 e. The molecule has 4 nitrogen and oxygen atoms in total. The fourth-order valence-electron chi connectivity index (χ4n) is 2.27. The first kappa shape index (κ1) is 16.3. The minimum Gasteiger partial charge on any atom is -0.374 e. The second-order valence-corrected chi connectivity index (χ2v) is 6.57. The van der Waals surface area contributed by atoms with Gasteiger partial charge in [-0.3, -0.25) is 4.79 Å². The van der Waals surface area contributed by atoms with Gasteiger partial charge in [-0.2, -0.15) is 11.8 Å². The summed E-state index contributed by atoms with van der Waals surface area (Å²) < 4.78 is 5.64. The Hall–Kier alpha value is -1.04. The van der Waals surface area contributed by atoms with Crippen LogP contribution in [0.2, 0.25) is 0 Å². The molecule has 1 saturated heterocycles. The molecule has 1 heterocycles. The number of rotatable bonds is 6. The van der Waals surface area contributed by atoms with E-state index in [0.717, 1.165) is 31.2 Å². The highest BCUT2D eigenvalue weighted by Gasteiger charge is 2.18. The summed E-state index contributed by atoms with van der Waals surface area (Å²) in [7, 11) is 2.07. The van der Waals surface area contributed by atoms with Crippen molar-refractivity contribution in [3.8, 4) is 0 Å². The zero-order valence-electron chi connectivity index (χ0n) is 12.8. The maximum atomic E-state index is 12.1. The molecule has 0 spiro atoms. The van der Waals surface area contributed by atoms with E-state index in [1.165, 1.54) is 5.56 Å². The van der Waals surface area contributed by atoms with E-state index in [2.05, 4.69) is 24.2 Å². The fourth-order valence-corrected chi connectivity index (χ4v) is 2.90. The zero-order valence-corrected chi connectivity index (χ0v) is 13.6. The number of likely N-dealkylation sites (N-methyl/N-ethyl adjacent to an activating group) is 1. The van der Waals surface area contributed by atoms with Crippen LogP contribution in [0.25, 0.3) is 0 Å². The Bertz CT molecular complexity index is 450. The van der Waals surface area contributed by atoms with Crippen molar-refractivity contribution in [1.82, 2.24) is 10.2 Å². The van der Waals surface area contributed by atoms with Gasteiger partial charge in [0.25, 0.3) is 5.91 Å². The first-order valence-corrected chi connectivity index (χ1v) is 8.59. The third-order valence-corrected chi connectivity index (χ3v) is 4.47. The number of carbonyl (C=O) groups is 1. The summed E-state index contributed by atoms with van der Waals surface area (Å²) in [5, 5.41) is 2.96. The molecular weight excluding hydrogens is 284 g/mol. The fraction of sp³-hybridized carbons (Fsp3) is 0.562. The number of hydrogen-bond acceptors (Lipinski definition) is 4. The lowest BCUT2D eigenvalue weighted by atomic mass is 10.1. The number of carbonyl (C=O) groups excluding carboxylic acids is 1. The number of nitrogens with zero attached hydrogens (tertiary/aromatic N) is 1. The smallest absolute Gasteiger partial charge is 0.251 e. The minimum absolute atomic E-state index is 0.0264. The Morgan fingerprint density at radius 1 is 1.43 bits per heavy atom. The Kier molecular flexibility index (Phi) is 6.54. The van der Waals surface area contributed by atoms with E-state index >= 15 is 0 Å². The molecule has 1 amide bonds. The van der Waals surface area contributed by atoms with Gasteiger partial charge in [0.15, 0.2) is 0 Å². The molecule has 1 aliphatic heterocycles. The van der Waals surface area contributed by atoms with Crippen molar-refractivity contribution in [3.63, 3.8) is 0 Å². The van der Waals surface area contributed by atoms with Crippen LogP contribution in [0.3, 0.4) is 0 Å². The van der Waals surface area contributed by atoms with Crippen LogP contribution in [0.1, 0.15) is 22.8 Å². The quantitative estimate of drug-likeness (QED) is 0.873. The number of thioether (sulfide) groups is 1. The van der Waals surface area contributed by atoms with E-state index in [4.69, 9.17) is 4.74 Å². The van der Waals surface area contributed by atoms with Crippen molar-refractivity contribution in [3.05, 3.63) is 35.4 Å². The molecule has 21 heavy (non-hydrogen) atoms. The van der Waals surface area contributed by atoms with Crippen LogP contribution in [-0.2, 0) is 10.5 Å². The molecule has 1 aromatic carbocycles. The summed E-state index contributed by atoms with van der Waals surface area (Å²) in [6.45, 7) is 5.28. The number of nitrogens with one attached hydrogen (secondary N) is 1. The number of hydrogen-bond donors (Lipinski definition) is 1. The van der Waals surface area contributed by atoms with Crippen LogP contribution >= 0.6 is 11.8 Å². The molecule has 1 fully saturated rings. The summed E-state index contributed by atoms with van der Waals surface area (Å²) >= 11 is 1.88. The summed E-state index contributed by atoms with van der Waals surface area (Å²) in [6, 6.07) is 7.86. The number of amides is 1. The molecule has 0 saturated carbocycles. The van der Waals surface area contributed by atoms with Gasteiger partial charge in [0, 0.05) is 31.0 Å². The van der Waals surface area contributed by atoms with E-state index in [0.29, 0.717) is 12.1 Å². The van der Waals surface area contributed by atoms with Crippen molar-refractivity contribution in [1.29, 1.82) is 0 Å². The van der Waals surface area contributed by atoms with Crippen LogP contribution in [0.4, 0.5) is 0 Å². The molecule has 1 N–H and O–H groups in total.